The van der Waals surface area contributed by atoms with Gasteiger partial charge in [-0.05, 0) is 55.6 Å². The molecule has 2 aromatic carbocycles. The molecule has 2 unspecified atom stereocenters. The van der Waals surface area contributed by atoms with Crippen molar-refractivity contribution in [1.82, 2.24) is 9.47 Å². The molecule has 8 heteroatoms. The second kappa shape index (κ2) is 12.3. The summed E-state index contributed by atoms with van der Waals surface area (Å²) in [5.41, 5.74) is 9.81. The Bertz CT molecular complexity index is 1320. The molecule has 1 aliphatic carbocycles. The number of nitrogens with zero attached hydrogens (tertiary/aromatic N) is 3. The molecule has 0 spiro atoms. The second-order valence-corrected chi connectivity index (χ2v) is 11.7. The van der Waals surface area contributed by atoms with Crippen molar-refractivity contribution in [3.05, 3.63) is 95.1 Å². The molecule has 3 atom stereocenters. The number of pyridine rings is 1. The molecule has 2 saturated heterocycles. The van der Waals surface area contributed by atoms with E-state index in [0.717, 1.165) is 30.5 Å². The van der Waals surface area contributed by atoms with Crippen LogP contribution >= 0.6 is 0 Å². The smallest absolute Gasteiger partial charge is 0.215 e. The Labute approximate surface area is 233 Å². The minimum absolute atomic E-state index is 0.0605. The maximum absolute atomic E-state index is 11.0. The van der Waals surface area contributed by atoms with Gasteiger partial charge in [0.05, 0.1) is 13.2 Å². The summed E-state index contributed by atoms with van der Waals surface area (Å²) in [6, 6.07) is 25.8. The van der Waals surface area contributed by atoms with E-state index in [-0.39, 0.29) is 11.4 Å². The largest absolute Gasteiger partial charge is 0.496 e. The SMILES string of the molecule is COc1cc(=N)n(/C(N)=N/S(C)=O)cc1C1CC1.c1ccc(C(c2ccccc2)N2C3CCC[C@@H]2CC3)cc1. The van der Waals surface area contributed by atoms with Crippen LogP contribution in [0.2, 0.25) is 0 Å². The van der Waals surface area contributed by atoms with Crippen molar-refractivity contribution >= 4 is 16.9 Å². The number of piperidine rings is 1. The summed E-state index contributed by atoms with van der Waals surface area (Å²) in [6.07, 6.45) is 12.4. The monoisotopic (exact) mass is 545 g/mol. The molecule has 3 heterocycles. The van der Waals surface area contributed by atoms with E-state index in [1.807, 2.05) is 0 Å². The maximum atomic E-state index is 11.0. The Morgan fingerprint density at radius 1 is 0.974 bits per heavy atom. The minimum atomic E-state index is -1.39. The quantitative estimate of drug-likeness (QED) is 0.333. The molecule has 39 heavy (non-hydrogen) atoms. The molecule has 0 amide bonds. The number of ether oxygens (including phenoxy) is 1. The Hall–Kier alpha value is -3.23. The number of hydrogen-bond donors (Lipinski definition) is 2. The highest BCUT2D eigenvalue weighted by Crippen LogP contribution is 2.44. The van der Waals surface area contributed by atoms with E-state index in [9.17, 15) is 4.21 Å². The van der Waals surface area contributed by atoms with Gasteiger partial charge in [0.1, 0.15) is 22.2 Å². The number of nitrogens with two attached hydrogens (primary N) is 1. The number of methoxy groups -OCH3 is 1. The highest BCUT2D eigenvalue weighted by atomic mass is 32.2. The third-order valence-electron chi connectivity index (χ3n) is 8.07. The summed E-state index contributed by atoms with van der Waals surface area (Å²) in [5, 5.41) is 7.87. The first-order valence-electron chi connectivity index (χ1n) is 13.9. The average molecular weight is 546 g/mol. The number of nitrogens with one attached hydrogen (secondary N) is 1. The predicted molar refractivity (Wildman–Crippen MR) is 157 cm³/mol. The van der Waals surface area contributed by atoms with E-state index < -0.39 is 11.0 Å². The van der Waals surface area contributed by atoms with Crippen LogP contribution in [-0.4, -0.2) is 45.1 Å². The number of fused-ring (bicyclic) bond motifs is 2. The molecule has 7 nitrogen and oxygen atoms in total. The van der Waals surface area contributed by atoms with E-state index in [4.69, 9.17) is 15.9 Å². The number of aromatic nitrogens is 1. The first-order chi connectivity index (χ1) is 19.0. The van der Waals surface area contributed by atoms with Crippen LogP contribution in [0.15, 0.2) is 77.3 Å². The molecule has 1 aromatic heterocycles. The molecule has 0 radical (unpaired) electrons. The van der Waals surface area contributed by atoms with Gasteiger partial charge in [0.25, 0.3) is 0 Å². The van der Waals surface area contributed by atoms with Gasteiger partial charge in [0, 0.05) is 36.2 Å². The number of benzene rings is 2. The molecule has 3 fully saturated rings. The standard InChI is InChI=1S/C20H23N.C11H16N4O2S/c1-3-8-16(9-4-1)20(17-10-5-2-6-11-17)21-18-12-7-13-19(21)15-14-18;1-17-9-5-10(12)15(11(13)14-18(2)16)6-8(9)7-3-4-7/h1-6,8-11,18-20H,7,12-15H2;5-7,12H,3-4H2,1-2H3,(H2,13,14)/t18-,19?;/m1./s1. The zero-order chi connectivity index (χ0) is 27.4. The van der Waals surface area contributed by atoms with Crippen LogP contribution in [-0.2, 0) is 11.0 Å². The normalized spacial score (nSPS) is 21.8. The van der Waals surface area contributed by atoms with Crippen LogP contribution in [0.1, 0.15) is 73.6 Å². The van der Waals surface area contributed by atoms with E-state index in [2.05, 4.69) is 70.0 Å². The molecular formula is C31H39N5O2S. The van der Waals surface area contributed by atoms with Gasteiger partial charge in [-0.3, -0.25) is 14.9 Å². The molecular weight excluding hydrogens is 506 g/mol. The topological polar surface area (TPSA) is 96.7 Å². The lowest BCUT2D eigenvalue weighted by Crippen LogP contribution is -2.42. The van der Waals surface area contributed by atoms with Crippen molar-refractivity contribution in [3.8, 4) is 5.75 Å². The summed E-state index contributed by atoms with van der Waals surface area (Å²) < 4.78 is 21.5. The molecule has 3 N–H and O–H groups in total. The van der Waals surface area contributed by atoms with Crippen molar-refractivity contribution in [2.45, 2.75) is 69.0 Å². The van der Waals surface area contributed by atoms with Gasteiger partial charge < -0.3 is 10.5 Å². The maximum Gasteiger partial charge on any atom is 0.215 e. The fourth-order valence-electron chi connectivity index (χ4n) is 6.18. The van der Waals surface area contributed by atoms with Crippen LogP contribution in [0.4, 0.5) is 0 Å². The molecule has 6 rings (SSSR count). The molecule has 3 aromatic rings. The predicted octanol–water partition coefficient (Wildman–Crippen LogP) is 5.10. The number of hydrogen-bond acceptors (Lipinski definition) is 4. The lowest BCUT2D eigenvalue weighted by molar-refractivity contribution is 0.105. The van der Waals surface area contributed by atoms with Crippen LogP contribution < -0.4 is 16.0 Å². The van der Waals surface area contributed by atoms with E-state index in [0.29, 0.717) is 17.7 Å². The van der Waals surface area contributed by atoms with Crippen LogP contribution in [0, 0.1) is 5.41 Å². The second-order valence-electron chi connectivity index (χ2n) is 10.7. The van der Waals surface area contributed by atoms with Crippen LogP contribution in [0.25, 0.3) is 0 Å². The highest BCUT2D eigenvalue weighted by molar-refractivity contribution is 7.83. The Balaban J connectivity index is 0.000000160. The Morgan fingerprint density at radius 2 is 1.54 bits per heavy atom. The molecule has 2 aliphatic heterocycles. The Kier molecular flexibility index (Phi) is 8.63. The van der Waals surface area contributed by atoms with Crippen molar-refractivity contribution in [1.29, 1.82) is 5.41 Å². The molecule has 1 saturated carbocycles. The summed E-state index contributed by atoms with van der Waals surface area (Å²) >= 11 is 0. The van der Waals surface area contributed by atoms with E-state index >= 15 is 0 Å². The third-order valence-corrected chi connectivity index (χ3v) is 8.51. The van der Waals surface area contributed by atoms with Gasteiger partial charge >= 0.3 is 0 Å². The van der Waals surface area contributed by atoms with E-state index in [1.54, 1.807) is 19.4 Å². The van der Waals surface area contributed by atoms with Gasteiger partial charge in [0.15, 0.2) is 0 Å². The van der Waals surface area contributed by atoms with Gasteiger partial charge in [-0.25, -0.2) is 4.21 Å². The molecule has 3 aliphatic rings. The van der Waals surface area contributed by atoms with Crippen molar-refractivity contribution in [3.63, 3.8) is 0 Å². The van der Waals surface area contributed by atoms with Gasteiger partial charge in [-0.1, -0.05) is 67.1 Å². The first kappa shape index (κ1) is 27.3. The summed E-state index contributed by atoms with van der Waals surface area (Å²) in [4.78, 5) is 2.83. The van der Waals surface area contributed by atoms with E-state index in [1.165, 1.54) is 54.1 Å². The van der Waals surface area contributed by atoms with Gasteiger partial charge in [-0.2, -0.15) is 4.40 Å². The minimum Gasteiger partial charge on any atom is -0.496 e. The summed E-state index contributed by atoms with van der Waals surface area (Å²) in [7, 11) is 0.201. The van der Waals surface area contributed by atoms with Crippen molar-refractivity contribution < 1.29 is 8.95 Å². The zero-order valence-corrected chi connectivity index (χ0v) is 23.6. The molecule has 2 bridgehead atoms. The van der Waals surface area contributed by atoms with Crippen LogP contribution in [0.5, 0.6) is 5.75 Å². The highest BCUT2D eigenvalue weighted by Gasteiger charge is 2.41. The lowest BCUT2D eigenvalue weighted by atomic mass is 9.92. The van der Waals surface area contributed by atoms with Crippen LogP contribution in [0.3, 0.4) is 0 Å². The third kappa shape index (κ3) is 6.34. The number of rotatable bonds is 6. The average Bonchev–Trinajstić information content (AvgIpc) is 3.76. The summed E-state index contributed by atoms with van der Waals surface area (Å²) in [5.74, 6) is 1.22. The van der Waals surface area contributed by atoms with Gasteiger partial charge in [0.2, 0.25) is 5.96 Å². The lowest BCUT2D eigenvalue weighted by Gasteiger charge is -2.41. The fourth-order valence-corrected chi connectivity index (χ4v) is 6.53. The zero-order valence-electron chi connectivity index (χ0n) is 22.8. The first-order valence-corrected chi connectivity index (χ1v) is 15.4. The fraction of sp³-hybridized carbons (Fsp3) is 0.419. The molecule has 206 valence electrons. The van der Waals surface area contributed by atoms with Crippen molar-refractivity contribution in [2.24, 2.45) is 10.1 Å². The van der Waals surface area contributed by atoms with Crippen molar-refractivity contribution in [2.75, 3.05) is 13.4 Å². The summed E-state index contributed by atoms with van der Waals surface area (Å²) in [6.45, 7) is 0. The van der Waals surface area contributed by atoms with Gasteiger partial charge in [-0.15, -0.1) is 0 Å². The Morgan fingerprint density at radius 3 is 2.03 bits per heavy atom.